The van der Waals surface area contributed by atoms with Crippen molar-refractivity contribution in [2.24, 2.45) is 0 Å². The molecule has 1 aliphatic rings. The third-order valence-electron chi connectivity index (χ3n) is 8.00. The third kappa shape index (κ3) is 2.39. The molecule has 0 saturated carbocycles. The molecule has 8 rings (SSSR count). The first-order valence-corrected chi connectivity index (χ1v) is 12.2. The quantitative estimate of drug-likeness (QED) is 0.244. The van der Waals surface area contributed by atoms with E-state index in [1.165, 1.54) is 60.5 Å². The minimum atomic E-state index is -0.0350. The zero-order valence-corrected chi connectivity index (χ0v) is 19.7. The van der Waals surface area contributed by atoms with Gasteiger partial charge in [0.25, 0.3) is 0 Å². The van der Waals surface area contributed by atoms with Crippen LogP contribution in [0.15, 0.2) is 108 Å². The van der Waals surface area contributed by atoms with Gasteiger partial charge in [0.15, 0.2) is 0 Å². The molecular weight excluding hydrogens is 426 g/mol. The van der Waals surface area contributed by atoms with Crippen LogP contribution in [-0.2, 0) is 5.41 Å². The van der Waals surface area contributed by atoms with Gasteiger partial charge in [-0.15, -0.1) is 0 Å². The standard InChI is InChI=1S/C33H23NO/c1-33(2)27-12-6-3-9-21(27)22-16-15-20(17-28(22)33)34-29-13-7-4-10-23(29)25-18-26-24-11-5-8-14-31(24)35-32(26)19-30(25)34/h3-19H,1-2H3. The van der Waals surface area contributed by atoms with E-state index >= 15 is 0 Å². The predicted molar refractivity (Wildman–Crippen MR) is 146 cm³/mol. The molecule has 0 fully saturated rings. The molecular formula is C33H23NO. The lowest BCUT2D eigenvalue weighted by molar-refractivity contribution is 0.660. The van der Waals surface area contributed by atoms with Crippen LogP contribution in [0.1, 0.15) is 25.0 Å². The first-order chi connectivity index (χ1) is 17.1. The van der Waals surface area contributed by atoms with E-state index in [0.717, 1.165) is 11.2 Å². The van der Waals surface area contributed by atoms with Crippen LogP contribution in [0.4, 0.5) is 0 Å². The van der Waals surface area contributed by atoms with E-state index in [4.69, 9.17) is 4.42 Å². The summed E-state index contributed by atoms with van der Waals surface area (Å²) >= 11 is 0. The number of hydrogen-bond acceptors (Lipinski definition) is 1. The fourth-order valence-electron chi connectivity index (χ4n) is 6.30. The van der Waals surface area contributed by atoms with Crippen molar-refractivity contribution in [3.63, 3.8) is 0 Å². The summed E-state index contributed by atoms with van der Waals surface area (Å²) < 4.78 is 8.68. The monoisotopic (exact) mass is 449 g/mol. The number of nitrogens with zero attached hydrogens (tertiary/aromatic N) is 1. The second-order valence-electron chi connectivity index (χ2n) is 10.2. The molecule has 0 spiro atoms. The average Bonchev–Trinajstić information content (AvgIpc) is 3.49. The van der Waals surface area contributed by atoms with E-state index in [2.05, 4.69) is 109 Å². The molecule has 1 aliphatic carbocycles. The van der Waals surface area contributed by atoms with E-state index < -0.39 is 0 Å². The van der Waals surface area contributed by atoms with Crippen molar-refractivity contribution >= 4 is 43.7 Å². The molecule has 0 amide bonds. The second kappa shape index (κ2) is 6.43. The number of aromatic nitrogens is 1. The molecule has 0 atom stereocenters. The molecule has 7 aromatic rings. The first kappa shape index (κ1) is 19.1. The van der Waals surface area contributed by atoms with E-state index in [0.29, 0.717) is 0 Å². The summed E-state index contributed by atoms with van der Waals surface area (Å²) in [6.45, 7) is 4.68. The molecule has 0 saturated heterocycles. The minimum Gasteiger partial charge on any atom is -0.456 e. The fourth-order valence-corrected chi connectivity index (χ4v) is 6.30. The van der Waals surface area contributed by atoms with Crippen LogP contribution in [0.3, 0.4) is 0 Å². The Balaban J connectivity index is 1.46. The molecule has 0 radical (unpaired) electrons. The highest BCUT2D eigenvalue weighted by atomic mass is 16.3. The molecule has 2 nitrogen and oxygen atoms in total. The Morgan fingerprint density at radius 3 is 2.20 bits per heavy atom. The molecule has 166 valence electrons. The lowest BCUT2D eigenvalue weighted by atomic mass is 9.82. The largest absolute Gasteiger partial charge is 0.456 e. The lowest BCUT2D eigenvalue weighted by Gasteiger charge is -2.22. The van der Waals surface area contributed by atoms with Crippen LogP contribution in [0.2, 0.25) is 0 Å². The SMILES string of the molecule is CC1(C)c2ccccc2-c2ccc(-n3c4ccccc4c4cc5c(cc43)oc3ccccc35)cc21. The van der Waals surface area contributed by atoms with Gasteiger partial charge in [0.1, 0.15) is 11.2 Å². The van der Waals surface area contributed by atoms with Crippen molar-refractivity contribution in [2.75, 3.05) is 0 Å². The predicted octanol–water partition coefficient (Wildman–Crippen LogP) is 8.99. The number of furan rings is 1. The summed E-state index contributed by atoms with van der Waals surface area (Å²) in [4.78, 5) is 0. The highest BCUT2D eigenvalue weighted by molar-refractivity contribution is 6.17. The van der Waals surface area contributed by atoms with E-state index in [-0.39, 0.29) is 5.41 Å². The van der Waals surface area contributed by atoms with E-state index in [1.807, 2.05) is 12.1 Å². The van der Waals surface area contributed by atoms with Crippen molar-refractivity contribution in [2.45, 2.75) is 19.3 Å². The van der Waals surface area contributed by atoms with Gasteiger partial charge in [-0.05, 0) is 52.6 Å². The van der Waals surface area contributed by atoms with Crippen LogP contribution in [0.5, 0.6) is 0 Å². The highest BCUT2D eigenvalue weighted by Crippen LogP contribution is 2.49. The Bertz CT molecular complexity index is 1980. The molecule has 2 heterocycles. The van der Waals surface area contributed by atoms with Crippen molar-refractivity contribution in [1.82, 2.24) is 4.57 Å². The maximum absolute atomic E-state index is 6.28. The maximum Gasteiger partial charge on any atom is 0.137 e. The normalized spacial score (nSPS) is 14.2. The molecule has 5 aromatic carbocycles. The van der Waals surface area contributed by atoms with Gasteiger partial charge in [-0.25, -0.2) is 0 Å². The Labute approximate surface area is 203 Å². The summed E-state index contributed by atoms with van der Waals surface area (Å²) in [5.41, 5.74) is 10.9. The number of benzene rings is 5. The van der Waals surface area contributed by atoms with Gasteiger partial charge in [0.2, 0.25) is 0 Å². The summed E-state index contributed by atoms with van der Waals surface area (Å²) in [7, 11) is 0. The Morgan fingerprint density at radius 2 is 1.29 bits per heavy atom. The number of para-hydroxylation sites is 2. The van der Waals surface area contributed by atoms with Gasteiger partial charge in [-0.3, -0.25) is 0 Å². The van der Waals surface area contributed by atoms with E-state index in [1.54, 1.807) is 0 Å². The maximum atomic E-state index is 6.28. The van der Waals surface area contributed by atoms with Gasteiger partial charge >= 0.3 is 0 Å². The van der Waals surface area contributed by atoms with Crippen LogP contribution in [0, 0.1) is 0 Å². The summed E-state index contributed by atoms with van der Waals surface area (Å²) in [6, 6.07) is 37.3. The Hall–Kier alpha value is -4.30. The zero-order chi connectivity index (χ0) is 23.3. The van der Waals surface area contributed by atoms with Crippen molar-refractivity contribution < 1.29 is 4.42 Å². The van der Waals surface area contributed by atoms with Gasteiger partial charge in [-0.1, -0.05) is 80.6 Å². The highest BCUT2D eigenvalue weighted by Gasteiger charge is 2.35. The smallest absolute Gasteiger partial charge is 0.137 e. The Morgan fingerprint density at radius 1 is 0.543 bits per heavy atom. The van der Waals surface area contributed by atoms with E-state index in [9.17, 15) is 0 Å². The number of fused-ring (bicyclic) bond motifs is 9. The minimum absolute atomic E-state index is 0.0350. The topological polar surface area (TPSA) is 18.1 Å². The van der Waals surface area contributed by atoms with Gasteiger partial charge in [-0.2, -0.15) is 0 Å². The van der Waals surface area contributed by atoms with Crippen LogP contribution >= 0.6 is 0 Å². The van der Waals surface area contributed by atoms with Gasteiger partial charge in [0.05, 0.1) is 11.0 Å². The van der Waals surface area contributed by atoms with Crippen molar-refractivity contribution in [3.05, 3.63) is 114 Å². The van der Waals surface area contributed by atoms with Crippen LogP contribution in [0.25, 0.3) is 60.6 Å². The zero-order valence-electron chi connectivity index (χ0n) is 19.7. The molecule has 35 heavy (non-hydrogen) atoms. The average molecular weight is 450 g/mol. The van der Waals surface area contributed by atoms with Gasteiger partial charge < -0.3 is 8.98 Å². The molecule has 2 heteroatoms. The lowest BCUT2D eigenvalue weighted by Crippen LogP contribution is -2.15. The Kier molecular flexibility index (Phi) is 3.50. The van der Waals surface area contributed by atoms with Gasteiger partial charge in [0, 0.05) is 38.7 Å². The van der Waals surface area contributed by atoms with Crippen LogP contribution in [-0.4, -0.2) is 4.57 Å². The molecule has 0 aliphatic heterocycles. The second-order valence-corrected chi connectivity index (χ2v) is 10.2. The number of rotatable bonds is 1. The van der Waals surface area contributed by atoms with Crippen LogP contribution < -0.4 is 0 Å². The molecule has 0 bridgehead atoms. The molecule has 0 N–H and O–H groups in total. The fraction of sp³-hybridized carbons (Fsp3) is 0.0909. The summed E-state index contributed by atoms with van der Waals surface area (Å²) in [5, 5.41) is 4.85. The third-order valence-corrected chi connectivity index (χ3v) is 8.00. The number of hydrogen-bond donors (Lipinski definition) is 0. The first-order valence-electron chi connectivity index (χ1n) is 12.2. The van der Waals surface area contributed by atoms with Crippen molar-refractivity contribution in [1.29, 1.82) is 0 Å². The molecule has 2 aromatic heterocycles. The molecule has 0 unspecified atom stereocenters. The summed E-state index contributed by atoms with van der Waals surface area (Å²) in [6.07, 6.45) is 0. The summed E-state index contributed by atoms with van der Waals surface area (Å²) in [5.74, 6) is 0. The van der Waals surface area contributed by atoms with Crippen molar-refractivity contribution in [3.8, 4) is 16.8 Å².